The normalized spacial score (nSPS) is 16.6. The lowest BCUT2D eigenvalue weighted by Gasteiger charge is -2.35. The molecule has 1 aromatic carbocycles. The highest BCUT2D eigenvalue weighted by atomic mass is 35.5. The quantitative estimate of drug-likeness (QED) is 0.453. The zero-order chi connectivity index (χ0) is 20.4. The van der Waals surface area contributed by atoms with E-state index in [2.05, 4.69) is 43.9 Å². The van der Waals surface area contributed by atoms with Crippen molar-refractivity contribution in [3.05, 3.63) is 29.3 Å². The minimum Gasteiger partial charge on any atom is -0.355 e. The molecule has 0 bridgehead atoms. The zero-order valence-corrected chi connectivity index (χ0v) is 18.5. The first-order chi connectivity index (χ1) is 13.6. The third kappa shape index (κ3) is 6.75. The first-order valence-corrected chi connectivity index (χ1v) is 11.3. The van der Waals surface area contributed by atoms with Crippen molar-refractivity contribution < 1.29 is 14.3 Å². The van der Waals surface area contributed by atoms with Crippen LogP contribution in [0.2, 0.25) is 0 Å². The van der Waals surface area contributed by atoms with Crippen LogP contribution in [0.4, 0.5) is 5.69 Å². The summed E-state index contributed by atoms with van der Waals surface area (Å²) in [7, 11) is 0. The molecule has 1 aliphatic rings. The maximum absolute atomic E-state index is 12.4. The Hall–Kier alpha value is -1.10. The van der Waals surface area contributed by atoms with Crippen molar-refractivity contribution in [2.75, 3.05) is 24.7 Å². The third-order valence-electron chi connectivity index (χ3n) is 5.34. The summed E-state index contributed by atoms with van der Waals surface area (Å²) < 4.78 is 11.8. The van der Waals surface area contributed by atoms with E-state index in [1.165, 1.54) is 11.1 Å². The predicted octanol–water partition coefficient (Wildman–Crippen LogP) is 5.49. The Bertz CT molecular complexity index is 600. The number of ether oxygens (including phenoxy) is 2. The summed E-state index contributed by atoms with van der Waals surface area (Å²) in [6.07, 6.45) is 7.45. The average Bonchev–Trinajstić information content (AvgIpc) is 2.96. The lowest BCUT2D eigenvalue weighted by atomic mass is 10.00. The van der Waals surface area contributed by atoms with Gasteiger partial charge in [0.1, 0.15) is 6.04 Å². The summed E-state index contributed by atoms with van der Waals surface area (Å²) in [4.78, 5) is 14.6. The molecule has 158 valence electrons. The van der Waals surface area contributed by atoms with Crippen molar-refractivity contribution in [1.82, 2.24) is 0 Å². The summed E-state index contributed by atoms with van der Waals surface area (Å²) in [5.41, 5.74) is 3.68. The molecule has 1 saturated heterocycles. The van der Waals surface area contributed by atoms with Crippen molar-refractivity contribution in [1.29, 1.82) is 0 Å². The van der Waals surface area contributed by atoms with Crippen LogP contribution in [0.25, 0.3) is 0 Å². The number of hydrogen-bond donors (Lipinski definition) is 0. The van der Waals surface area contributed by atoms with Crippen molar-refractivity contribution in [3.63, 3.8) is 0 Å². The van der Waals surface area contributed by atoms with Crippen LogP contribution in [0.15, 0.2) is 18.2 Å². The minimum absolute atomic E-state index is 0.302. The SMILES string of the molecule is CCCCC(C(=O)Cl)N(CC1OCCCCO1)c1ccc(CC)cc1CCC. The van der Waals surface area contributed by atoms with E-state index in [1.54, 1.807) is 0 Å². The van der Waals surface area contributed by atoms with Crippen LogP contribution >= 0.6 is 11.6 Å². The molecule has 0 saturated carbocycles. The number of anilines is 1. The van der Waals surface area contributed by atoms with Gasteiger partial charge in [0, 0.05) is 18.9 Å². The number of hydrogen-bond acceptors (Lipinski definition) is 4. The van der Waals surface area contributed by atoms with Gasteiger partial charge in [-0.25, -0.2) is 0 Å². The Balaban J connectivity index is 2.39. The van der Waals surface area contributed by atoms with E-state index in [1.807, 2.05) is 0 Å². The van der Waals surface area contributed by atoms with Crippen LogP contribution < -0.4 is 4.90 Å². The third-order valence-corrected chi connectivity index (χ3v) is 5.59. The second kappa shape index (κ2) is 12.5. The molecule has 28 heavy (non-hydrogen) atoms. The molecule has 1 unspecified atom stereocenters. The van der Waals surface area contributed by atoms with Gasteiger partial charge in [-0.2, -0.15) is 0 Å². The summed E-state index contributed by atoms with van der Waals surface area (Å²) in [5, 5.41) is -0.302. The fourth-order valence-electron chi connectivity index (χ4n) is 3.74. The van der Waals surface area contributed by atoms with Crippen molar-refractivity contribution in [2.45, 2.75) is 84.5 Å². The van der Waals surface area contributed by atoms with E-state index in [-0.39, 0.29) is 17.6 Å². The molecule has 5 heteroatoms. The van der Waals surface area contributed by atoms with E-state index < -0.39 is 0 Å². The number of benzene rings is 1. The molecular weight excluding hydrogens is 374 g/mol. The van der Waals surface area contributed by atoms with Gasteiger partial charge in [0.15, 0.2) is 6.29 Å². The Morgan fingerprint density at radius 2 is 1.89 bits per heavy atom. The summed E-state index contributed by atoms with van der Waals surface area (Å²) in [5.74, 6) is 0. The van der Waals surface area contributed by atoms with Gasteiger partial charge in [-0.1, -0.05) is 52.2 Å². The van der Waals surface area contributed by atoms with Gasteiger partial charge in [0.2, 0.25) is 5.24 Å². The standard InChI is InChI=1S/C23H36ClNO3/c1-4-7-11-21(23(24)26)25(17-22-27-14-8-9-15-28-22)20-13-12-18(6-3)16-19(20)10-5-2/h12-13,16,21-22H,4-11,14-15,17H2,1-3H3. The van der Waals surface area contributed by atoms with E-state index in [4.69, 9.17) is 21.1 Å². The van der Waals surface area contributed by atoms with Crippen LogP contribution in [-0.2, 0) is 27.1 Å². The molecule has 2 rings (SSSR count). The Labute approximate surface area is 175 Å². The van der Waals surface area contributed by atoms with E-state index in [9.17, 15) is 4.79 Å². The maximum atomic E-state index is 12.4. The number of aryl methyl sites for hydroxylation is 2. The maximum Gasteiger partial charge on any atom is 0.244 e. The van der Waals surface area contributed by atoms with Crippen LogP contribution in [0.3, 0.4) is 0 Å². The van der Waals surface area contributed by atoms with Crippen LogP contribution in [-0.4, -0.2) is 37.3 Å². The van der Waals surface area contributed by atoms with E-state index in [0.29, 0.717) is 19.8 Å². The van der Waals surface area contributed by atoms with Crippen LogP contribution in [0.1, 0.15) is 70.4 Å². The Morgan fingerprint density at radius 3 is 2.46 bits per heavy atom. The van der Waals surface area contributed by atoms with Gasteiger partial charge in [-0.05, 0) is 60.9 Å². The molecule has 0 spiro atoms. The summed E-state index contributed by atoms with van der Waals surface area (Å²) in [6.45, 7) is 8.41. The average molecular weight is 410 g/mol. The first-order valence-electron chi connectivity index (χ1n) is 10.9. The summed E-state index contributed by atoms with van der Waals surface area (Å²) in [6, 6.07) is 6.22. The molecular formula is C23H36ClNO3. The number of unbranched alkanes of at least 4 members (excludes halogenated alkanes) is 1. The number of halogens is 1. The molecule has 0 aliphatic carbocycles. The van der Waals surface area contributed by atoms with Gasteiger partial charge in [0.25, 0.3) is 0 Å². The van der Waals surface area contributed by atoms with E-state index >= 15 is 0 Å². The molecule has 0 aromatic heterocycles. The second-order valence-electron chi connectivity index (χ2n) is 7.56. The molecule has 1 aliphatic heterocycles. The number of carbonyl (C=O) groups excluding carboxylic acids is 1. The second-order valence-corrected chi connectivity index (χ2v) is 7.93. The van der Waals surface area contributed by atoms with Crippen LogP contribution in [0, 0.1) is 0 Å². The molecule has 0 amide bonds. The Kier molecular flexibility index (Phi) is 10.3. The Morgan fingerprint density at radius 1 is 1.18 bits per heavy atom. The number of nitrogens with zero attached hydrogens (tertiary/aromatic N) is 1. The first kappa shape index (κ1) is 23.2. The molecule has 4 nitrogen and oxygen atoms in total. The lowest BCUT2D eigenvalue weighted by molar-refractivity contribution is -0.122. The zero-order valence-electron chi connectivity index (χ0n) is 17.7. The van der Waals surface area contributed by atoms with Crippen molar-refractivity contribution in [3.8, 4) is 0 Å². The van der Waals surface area contributed by atoms with Gasteiger partial charge < -0.3 is 14.4 Å². The highest BCUT2D eigenvalue weighted by Crippen LogP contribution is 2.29. The molecule has 1 fully saturated rings. The fraction of sp³-hybridized carbons (Fsp3) is 0.696. The molecule has 1 atom stereocenters. The minimum atomic E-state index is -0.361. The smallest absolute Gasteiger partial charge is 0.244 e. The van der Waals surface area contributed by atoms with Gasteiger partial charge in [-0.15, -0.1) is 0 Å². The largest absolute Gasteiger partial charge is 0.355 e. The highest BCUT2D eigenvalue weighted by Gasteiger charge is 2.29. The van der Waals surface area contributed by atoms with E-state index in [0.717, 1.165) is 57.1 Å². The van der Waals surface area contributed by atoms with Crippen molar-refractivity contribution >= 4 is 22.5 Å². The lowest BCUT2D eigenvalue weighted by Crippen LogP contribution is -2.45. The van der Waals surface area contributed by atoms with Gasteiger partial charge in [0.05, 0.1) is 6.54 Å². The monoisotopic (exact) mass is 409 g/mol. The number of carbonyl (C=O) groups is 1. The van der Waals surface area contributed by atoms with Crippen LogP contribution in [0.5, 0.6) is 0 Å². The topological polar surface area (TPSA) is 38.8 Å². The summed E-state index contributed by atoms with van der Waals surface area (Å²) >= 11 is 6.10. The molecule has 0 N–H and O–H groups in total. The number of rotatable bonds is 11. The highest BCUT2D eigenvalue weighted by molar-refractivity contribution is 6.65. The fourth-order valence-corrected chi connectivity index (χ4v) is 3.97. The molecule has 1 heterocycles. The molecule has 1 aromatic rings. The molecule has 0 radical (unpaired) electrons. The van der Waals surface area contributed by atoms with Crippen molar-refractivity contribution in [2.24, 2.45) is 0 Å². The predicted molar refractivity (Wildman–Crippen MR) is 116 cm³/mol. The van der Waals surface area contributed by atoms with Gasteiger partial charge >= 0.3 is 0 Å². The van der Waals surface area contributed by atoms with Gasteiger partial charge in [-0.3, -0.25) is 4.79 Å².